The van der Waals surface area contributed by atoms with E-state index in [0.717, 1.165) is 12.7 Å². The van der Waals surface area contributed by atoms with Gasteiger partial charge in [0.25, 0.3) is 5.91 Å². The lowest BCUT2D eigenvalue weighted by molar-refractivity contribution is -0.128. The Morgan fingerprint density at radius 2 is 1.81 bits per heavy atom. The van der Waals surface area contributed by atoms with E-state index in [1.165, 1.54) is 12.1 Å². The Morgan fingerprint density at radius 1 is 1.29 bits per heavy atom. The number of rotatable bonds is 6. The smallest absolute Gasteiger partial charge is 0.261 e. The lowest BCUT2D eigenvalue weighted by atomic mass is 10.0. The topological polar surface area (TPSA) is 72.5 Å². The summed E-state index contributed by atoms with van der Waals surface area (Å²) in [5.74, 6) is 0.258. The largest absolute Gasteiger partial charge is 0.481 e. The van der Waals surface area contributed by atoms with Gasteiger partial charge in [0.1, 0.15) is 5.75 Å². The first-order valence-electron chi connectivity index (χ1n) is 6.84. The van der Waals surface area contributed by atoms with E-state index >= 15 is 0 Å². The number of nitrogens with one attached hydrogen (secondary N) is 1. The van der Waals surface area contributed by atoms with Crippen LogP contribution < -0.4 is 10.1 Å². The molecule has 1 aromatic carbocycles. The number of amides is 1. The van der Waals surface area contributed by atoms with Gasteiger partial charge >= 0.3 is 0 Å². The lowest BCUT2D eigenvalue weighted by Gasteiger charge is -2.26. The number of ether oxygens (including phenoxy) is 1. The summed E-state index contributed by atoms with van der Waals surface area (Å²) in [5.41, 5.74) is -0.283. The minimum absolute atomic E-state index is 0.200. The number of sulfone groups is 1. The third kappa shape index (κ3) is 5.38. The van der Waals surface area contributed by atoms with Crippen molar-refractivity contribution >= 4 is 15.7 Å². The summed E-state index contributed by atoms with van der Waals surface area (Å²) in [4.78, 5) is 12.2. The zero-order valence-electron chi connectivity index (χ0n) is 13.1. The summed E-state index contributed by atoms with van der Waals surface area (Å²) in [6, 6.07) is 6.02. The standard InChI is InChI=1S/C15H23NO4S/c1-6-15(3,4)16-14(17)11(2)20-12-7-9-13(10-8-12)21(5,18)19/h7-11H,6H2,1-5H3,(H,16,17). The van der Waals surface area contributed by atoms with Crippen LogP contribution in [0.1, 0.15) is 34.1 Å². The van der Waals surface area contributed by atoms with Gasteiger partial charge in [-0.05, 0) is 51.5 Å². The summed E-state index contributed by atoms with van der Waals surface area (Å²) in [6.07, 6.45) is 1.31. The number of carbonyl (C=O) groups is 1. The van der Waals surface area contributed by atoms with E-state index in [1.54, 1.807) is 19.1 Å². The Kier molecular flexibility index (Phi) is 5.39. The fourth-order valence-corrected chi connectivity index (χ4v) is 2.18. The Balaban J connectivity index is 2.71. The number of carbonyl (C=O) groups excluding carboxylic acids is 1. The molecule has 0 heterocycles. The SMILES string of the molecule is CCC(C)(C)NC(=O)C(C)Oc1ccc(S(C)(=O)=O)cc1. The van der Waals surface area contributed by atoms with Crippen molar-refractivity contribution in [1.82, 2.24) is 5.32 Å². The van der Waals surface area contributed by atoms with E-state index in [-0.39, 0.29) is 16.3 Å². The van der Waals surface area contributed by atoms with Crippen LogP contribution in [0.4, 0.5) is 0 Å². The predicted octanol–water partition coefficient (Wildman–Crippen LogP) is 2.16. The van der Waals surface area contributed by atoms with Gasteiger partial charge in [-0.2, -0.15) is 0 Å². The van der Waals surface area contributed by atoms with Gasteiger partial charge in [0.15, 0.2) is 15.9 Å². The molecule has 0 saturated carbocycles. The highest BCUT2D eigenvalue weighted by atomic mass is 32.2. The zero-order chi connectivity index (χ0) is 16.3. The Hall–Kier alpha value is -1.56. The Labute approximate surface area is 126 Å². The summed E-state index contributed by atoms with van der Waals surface area (Å²) in [5, 5.41) is 2.90. The Morgan fingerprint density at radius 3 is 2.24 bits per heavy atom. The van der Waals surface area contributed by atoms with Gasteiger partial charge in [0.05, 0.1) is 4.90 Å². The van der Waals surface area contributed by atoms with Gasteiger partial charge in [-0.15, -0.1) is 0 Å². The summed E-state index contributed by atoms with van der Waals surface area (Å²) < 4.78 is 28.2. The minimum Gasteiger partial charge on any atom is -0.481 e. The van der Waals surface area contributed by atoms with Crippen LogP contribution in [0.5, 0.6) is 5.75 Å². The molecule has 0 aliphatic carbocycles. The molecule has 1 amide bonds. The van der Waals surface area contributed by atoms with Gasteiger partial charge in [0.2, 0.25) is 0 Å². The molecular weight excluding hydrogens is 290 g/mol. The number of benzene rings is 1. The molecule has 6 heteroatoms. The van der Waals surface area contributed by atoms with E-state index in [4.69, 9.17) is 4.74 Å². The second kappa shape index (κ2) is 6.47. The van der Waals surface area contributed by atoms with E-state index in [9.17, 15) is 13.2 Å². The highest BCUT2D eigenvalue weighted by molar-refractivity contribution is 7.90. The van der Waals surface area contributed by atoms with Crippen LogP contribution in [0.3, 0.4) is 0 Å². The van der Waals surface area contributed by atoms with Crippen LogP contribution >= 0.6 is 0 Å². The lowest BCUT2D eigenvalue weighted by Crippen LogP contribution is -2.48. The molecule has 1 N–H and O–H groups in total. The Bertz CT molecular complexity index is 591. The minimum atomic E-state index is -3.23. The van der Waals surface area contributed by atoms with Crippen molar-refractivity contribution in [3.8, 4) is 5.75 Å². The van der Waals surface area contributed by atoms with Crippen molar-refractivity contribution in [2.24, 2.45) is 0 Å². The van der Waals surface area contributed by atoms with Crippen LogP contribution in [-0.2, 0) is 14.6 Å². The average Bonchev–Trinajstić information content (AvgIpc) is 2.37. The van der Waals surface area contributed by atoms with Crippen LogP contribution in [0.2, 0.25) is 0 Å². The van der Waals surface area contributed by atoms with E-state index < -0.39 is 15.9 Å². The molecule has 118 valence electrons. The van der Waals surface area contributed by atoms with E-state index in [2.05, 4.69) is 5.32 Å². The molecule has 0 bridgehead atoms. The first-order valence-corrected chi connectivity index (χ1v) is 8.73. The van der Waals surface area contributed by atoms with Gasteiger partial charge in [0, 0.05) is 11.8 Å². The molecule has 0 aliphatic rings. The first kappa shape index (κ1) is 17.5. The van der Waals surface area contributed by atoms with Crippen LogP contribution in [0.25, 0.3) is 0 Å². The zero-order valence-corrected chi connectivity index (χ0v) is 14.0. The second-order valence-corrected chi connectivity index (χ2v) is 7.75. The molecule has 21 heavy (non-hydrogen) atoms. The summed E-state index contributed by atoms with van der Waals surface area (Å²) in [7, 11) is -3.23. The highest BCUT2D eigenvalue weighted by Crippen LogP contribution is 2.17. The third-order valence-electron chi connectivity index (χ3n) is 3.28. The molecule has 1 rings (SSSR count). The van der Waals surface area contributed by atoms with Gasteiger partial charge in [-0.25, -0.2) is 8.42 Å². The maximum atomic E-state index is 12.0. The molecule has 0 fully saturated rings. The molecule has 1 atom stereocenters. The predicted molar refractivity (Wildman–Crippen MR) is 82.2 cm³/mol. The normalized spacial score (nSPS) is 13.6. The van der Waals surface area contributed by atoms with Gasteiger partial charge in [-0.1, -0.05) is 6.92 Å². The molecule has 1 aromatic rings. The summed E-state index contributed by atoms with van der Waals surface area (Å²) >= 11 is 0. The maximum Gasteiger partial charge on any atom is 0.261 e. The average molecular weight is 313 g/mol. The molecular formula is C15H23NO4S. The maximum absolute atomic E-state index is 12.0. The number of hydrogen-bond acceptors (Lipinski definition) is 4. The van der Waals surface area contributed by atoms with Crippen molar-refractivity contribution in [1.29, 1.82) is 0 Å². The van der Waals surface area contributed by atoms with Gasteiger partial charge in [-0.3, -0.25) is 4.79 Å². The molecule has 0 aliphatic heterocycles. The monoisotopic (exact) mass is 313 g/mol. The quantitative estimate of drug-likeness (QED) is 0.873. The van der Waals surface area contributed by atoms with E-state index in [1.807, 2.05) is 20.8 Å². The van der Waals surface area contributed by atoms with Crippen molar-refractivity contribution in [2.45, 2.75) is 50.7 Å². The molecule has 0 spiro atoms. The fourth-order valence-electron chi connectivity index (χ4n) is 1.55. The molecule has 1 unspecified atom stereocenters. The third-order valence-corrected chi connectivity index (χ3v) is 4.41. The van der Waals surface area contributed by atoms with Crippen LogP contribution in [-0.4, -0.2) is 32.2 Å². The number of hydrogen-bond donors (Lipinski definition) is 1. The molecule has 0 radical (unpaired) electrons. The van der Waals surface area contributed by atoms with Crippen molar-refractivity contribution in [3.05, 3.63) is 24.3 Å². The van der Waals surface area contributed by atoms with Crippen molar-refractivity contribution in [2.75, 3.05) is 6.26 Å². The summed E-state index contributed by atoms with van der Waals surface area (Å²) in [6.45, 7) is 7.54. The van der Waals surface area contributed by atoms with E-state index in [0.29, 0.717) is 5.75 Å². The molecule has 0 aromatic heterocycles. The fraction of sp³-hybridized carbons (Fsp3) is 0.533. The van der Waals surface area contributed by atoms with Crippen LogP contribution in [0.15, 0.2) is 29.2 Å². The molecule has 0 saturated heterocycles. The first-order chi connectivity index (χ1) is 9.55. The highest BCUT2D eigenvalue weighted by Gasteiger charge is 2.22. The van der Waals surface area contributed by atoms with Crippen LogP contribution in [0, 0.1) is 0 Å². The van der Waals surface area contributed by atoms with Crippen molar-refractivity contribution in [3.63, 3.8) is 0 Å². The molecule has 5 nitrogen and oxygen atoms in total. The van der Waals surface area contributed by atoms with Gasteiger partial charge < -0.3 is 10.1 Å². The van der Waals surface area contributed by atoms with Crippen molar-refractivity contribution < 1.29 is 17.9 Å². The second-order valence-electron chi connectivity index (χ2n) is 5.73.